The summed E-state index contributed by atoms with van der Waals surface area (Å²) in [5, 5.41) is 0. The van der Waals surface area contributed by atoms with Gasteiger partial charge in [-0.05, 0) is 19.3 Å². The van der Waals surface area contributed by atoms with Crippen molar-refractivity contribution in [3.8, 4) is 11.8 Å². The van der Waals surface area contributed by atoms with Crippen LogP contribution in [-0.2, 0) is 13.1 Å². The highest BCUT2D eigenvalue weighted by molar-refractivity contribution is 5.00. The van der Waals surface area contributed by atoms with E-state index in [0.29, 0.717) is 0 Å². The second-order valence-electron chi connectivity index (χ2n) is 6.60. The molecule has 0 saturated heterocycles. The number of rotatable bonds is 12. The largest absolute Gasteiger partial charge is 1.00 e. The second kappa shape index (κ2) is 16.0. The quantitative estimate of drug-likeness (QED) is 0.203. The molecule has 0 bridgehead atoms. The summed E-state index contributed by atoms with van der Waals surface area (Å²) >= 11 is 0. The summed E-state index contributed by atoms with van der Waals surface area (Å²) in [5.41, 5.74) is 0. The van der Waals surface area contributed by atoms with Crippen LogP contribution in [0.3, 0.4) is 0 Å². The van der Waals surface area contributed by atoms with E-state index in [1.54, 1.807) is 0 Å². The molecule has 0 fully saturated rings. The summed E-state index contributed by atoms with van der Waals surface area (Å²) in [6.45, 7) is 8.71. The van der Waals surface area contributed by atoms with Crippen molar-refractivity contribution in [2.45, 2.75) is 104 Å². The third-order valence-corrected chi connectivity index (χ3v) is 4.54. The molecule has 1 heterocycles. The van der Waals surface area contributed by atoms with Gasteiger partial charge in [0.1, 0.15) is 12.4 Å². The molecule has 0 aliphatic heterocycles. The highest BCUT2D eigenvalue weighted by Gasteiger charge is 2.10. The van der Waals surface area contributed by atoms with Crippen molar-refractivity contribution < 1.29 is 28.5 Å². The Labute approximate surface area is 167 Å². The molecular weight excluding hydrogens is 407 g/mol. The Bertz CT molecular complexity index is 468. The normalized spacial score (nSPS) is 10.1. The molecule has 0 radical (unpaired) electrons. The van der Waals surface area contributed by atoms with Crippen LogP contribution in [0.1, 0.15) is 90.3 Å². The third kappa shape index (κ3) is 10.4. The molecule has 3 heteroatoms. The molecular formula is C21H37IN2. The summed E-state index contributed by atoms with van der Waals surface area (Å²) in [6, 6.07) is 0. The molecule has 1 aromatic heterocycles. The minimum atomic E-state index is 0. The van der Waals surface area contributed by atoms with E-state index in [4.69, 9.17) is 0 Å². The summed E-state index contributed by atoms with van der Waals surface area (Å²) in [6.07, 6.45) is 18.9. The minimum absolute atomic E-state index is 0. The van der Waals surface area contributed by atoms with Gasteiger partial charge in [-0.25, -0.2) is 9.13 Å². The Hall–Kier alpha value is -0.500. The average molecular weight is 444 g/mol. The van der Waals surface area contributed by atoms with E-state index in [0.717, 1.165) is 19.5 Å². The molecule has 138 valence electrons. The minimum Gasteiger partial charge on any atom is -1.00 e. The fraction of sp³-hybridized carbons (Fsp3) is 0.762. The molecule has 0 N–H and O–H groups in total. The molecule has 0 aliphatic rings. The summed E-state index contributed by atoms with van der Waals surface area (Å²) in [4.78, 5) is 0. The number of imidazole rings is 1. The topological polar surface area (TPSA) is 8.81 Å². The van der Waals surface area contributed by atoms with Gasteiger partial charge in [-0.15, -0.1) is 0 Å². The van der Waals surface area contributed by atoms with Gasteiger partial charge in [0.25, 0.3) is 5.82 Å². The van der Waals surface area contributed by atoms with Crippen molar-refractivity contribution in [1.29, 1.82) is 0 Å². The Morgan fingerprint density at radius 3 is 2.21 bits per heavy atom. The second-order valence-corrected chi connectivity index (χ2v) is 6.60. The van der Waals surface area contributed by atoms with Gasteiger partial charge in [0.15, 0.2) is 6.54 Å². The number of hydrogen-bond acceptors (Lipinski definition) is 0. The maximum absolute atomic E-state index is 3.31. The van der Waals surface area contributed by atoms with Crippen molar-refractivity contribution in [3.63, 3.8) is 0 Å². The van der Waals surface area contributed by atoms with Gasteiger partial charge in [-0.2, -0.15) is 0 Å². The SMILES string of the molecule is CCCCCC#CCn1cc[n+](CCCCCCCCC)c1C.[I-]. The zero-order valence-corrected chi connectivity index (χ0v) is 18.3. The van der Waals surface area contributed by atoms with Gasteiger partial charge in [0.05, 0.1) is 6.54 Å². The standard InChI is InChI=1S/C21H37N2.HI/c1-4-6-8-10-12-14-16-18-23-20-19-22(21(23)3)17-15-13-11-9-7-5-2;/h19-20H,4-12,14,16-18H2,1-3H3;1H/q+1;/p-1. The van der Waals surface area contributed by atoms with Gasteiger partial charge < -0.3 is 24.0 Å². The highest BCUT2D eigenvalue weighted by Crippen LogP contribution is 2.07. The van der Waals surface area contributed by atoms with Gasteiger partial charge >= 0.3 is 0 Å². The first kappa shape index (κ1) is 23.5. The molecule has 0 aromatic carbocycles. The fourth-order valence-electron chi connectivity index (χ4n) is 2.88. The van der Waals surface area contributed by atoms with E-state index in [1.807, 2.05) is 0 Å². The van der Waals surface area contributed by atoms with Crippen LogP contribution < -0.4 is 28.5 Å². The monoisotopic (exact) mass is 444 g/mol. The molecule has 0 unspecified atom stereocenters. The predicted octanol–water partition coefficient (Wildman–Crippen LogP) is 2.42. The number of halogens is 1. The Morgan fingerprint density at radius 2 is 1.50 bits per heavy atom. The summed E-state index contributed by atoms with van der Waals surface area (Å²) < 4.78 is 4.65. The molecule has 0 spiro atoms. The molecule has 24 heavy (non-hydrogen) atoms. The molecule has 1 aromatic rings. The van der Waals surface area contributed by atoms with Gasteiger partial charge in [0, 0.05) is 13.3 Å². The Balaban J connectivity index is 0.00000529. The number of aryl methyl sites for hydroxylation is 1. The van der Waals surface area contributed by atoms with E-state index >= 15 is 0 Å². The first-order valence-corrected chi connectivity index (χ1v) is 9.80. The fourth-order valence-corrected chi connectivity index (χ4v) is 2.88. The number of aromatic nitrogens is 2. The first-order valence-electron chi connectivity index (χ1n) is 9.80. The van der Waals surface area contributed by atoms with Crippen LogP contribution in [-0.4, -0.2) is 4.57 Å². The summed E-state index contributed by atoms with van der Waals surface area (Å²) in [7, 11) is 0. The maximum atomic E-state index is 3.31. The molecule has 1 rings (SSSR count). The lowest BCUT2D eigenvalue weighted by Crippen LogP contribution is -3.00. The van der Waals surface area contributed by atoms with Crippen LogP contribution in [0, 0.1) is 18.8 Å². The lowest BCUT2D eigenvalue weighted by molar-refractivity contribution is -0.702. The van der Waals surface area contributed by atoms with Crippen LogP contribution in [0.5, 0.6) is 0 Å². The van der Waals surface area contributed by atoms with Crippen molar-refractivity contribution in [2.24, 2.45) is 0 Å². The highest BCUT2D eigenvalue weighted by atomic mass is 127. The average Bonchev–Trinajstić information content (AvgIpc) is 2.90. The third-order valence-electron chi connectivity index (χ3n) is 4.54. The zero-order chi connectivity index (χ0) is 16.8. The molecule has 2 nitrogen and oxygen atoms in total. The molecule has 0 atom stereocenters. The molecule has 0 aliphatic carbocycles. The van der Waals surface area contributed by atoms with Crippen molar-refractivity contribution in [2.75, 3.05) is 0 Å². The number of unbranched alkanes of at least 4 members (excludes halogenated alkanes) is 9. The number of nitrogens with zero attached hydrogens (tertiary/aromatic N) is 2. The van der Waals surface area contributed by atoms with Gasteiger partial charge in [0.2, 0.25) is 0 Å². The molecule has 0 saturated carbocycles. The van der Waals surface area contributed by atoms with Crippen molar-refractivity contribution in [3.05, 3.63) is 18.2 Å². The van der Waals surface area contributed by atoms with Crippen LogP contribution >= 0.6 is 0 Å². The first-order chi connectivity index (χ1) is 11.3. The molecule has 0 amide bonds. The van der Waals surface area contributed by atoms with Gasteiger partial charge in [-0.1, -0.05) is 70.6 Å². The van der Waals surface area contributed by atoms with E-state index in [2.05, 4.69) is 54.1 Å². The van der Waals surface area contributed by atoms with E-state index in [1.165, 1.54) is 70.0 Å². The smallest absolute Gasteiger partial charge is 0.254 e. The Kier molecular flexibility index (Phi) is 15.7. The predicted molar refractivity (Wildman–Crippen MR) is 99.3 cm³/mol. The summed E-state index contributed by atoms with van der Waals surface area (Å²) in [5.74, 6) is 7.94. The van der Waals surface area contributed by atoms with Crippen molar-refractivity contribution >= 4 is 0 Å². The van der Waals surface area contributed by atoms with Crippen LogP contribution in [0.4, 0.5) is 0 Å². The van der Waals surface area contributed by atoms with E-state index in [-0.39, 0.29) is 24.0 Å². The van der Waals surface area contributed by atoms with Crippen LogP contribution in [0.25, 0.3) is 0 Å². The van der Waals surface area contributed by atoms with E-state index < -0.39 is 0 Å². The van der Waals surface area contributed by atoms with Crippen LogP contribution in [0.15, 0.2) is 12.4 Å². The van der Waals surface area contributed by atoms with Crippen LogP contribution in [0.2, 0.25) is 0 Å². The van der Waals surface area contributed by atoms with Gasteiger partial charge in [-0.3, -0.25) is 0 Å². The maximum Gasteiger partial charge on any atom is 0.254 e. The number of hydrogen-bond donors (Lipinski definition) is 0. The lowest BCUT2D eigenvalue weighted by Gasteiger charge is -2.01. The lowest BCUT2D eigenvalue weighted by atomic mass is 10.1. The van der Waals surface area contributed by atoms with E-state index in [9.17, 15) is 0 Å². The zero-order valence-electron chi connectivity index (χ0n) is 16.1. The Morgan fingerprint density at radius 1 is 0.875 bits per heavy atom. The van der Waals surface area contributed by atoms with Crippen molar-refractivity contribution in [1.82, 2.24) is 4.57 Å².